The molecule has 0 saturated carbocycles. The highest BCUT2D eigenvalue weighted by molar-refractivity contribution is 7.12. The van der Waals surface area contributed by atoms with Gasteiger partial charge >= 0.3 is 5.97 Å². The monoisotopic (exact) mass is 501 g/mol. The number of pyridine rings is 2. The number of fused-ring (bicyclic) bond motifs is 1. The van der Waals surface area contributed by atoms with Crippen molar-refractivity contribution in [2.24, 2.45) is 5.92 Å². The average Bonchev–Trinajstić information content (AvgIpc) is 3.21. The molecule has 35 heavy (non-hydrogen) atoms. The van der Waals surface area contributed by atoms with E-state index < -0.39 is 22.8 Å². The van der Waals surface area contributed by atoms with Gasteiger partial charge in [-0.15, -0.1) is 11.3 Å². The Morgan fingerprint density at radius 2 is 2.11 bits per heavy atom. The highest BCUT2D eigenvalue weighted by atomic mass is 32.1. The third kappa shape index (κ3) is 4.63. The van der Waals surface area contributed by atoms with Gasteiger partial charge in [0.1, 0.15) is 5.56 Å². The minimum atomic E-state index is -1.42. The lowest BCUT2D eigenvalue weighted by atomic mass is 9.98. The van der Waals surface area contributed by atoms with Crippen molar-refractivity contribution in [3.63, 3.8) is 0 Å². The molecule has 184 valence electrons. The first-order chi connectivity index (χ1) is 16.9. The van der Waals surface area contributed by atoms with Gasteiger partial charge in [-0.1, -0.05) is 12.8 Å². The molecule has 10 nitrogen and oxygen atoms in total. The molecule has 2 saturated heterocycles. The first kappa shape index (κ1) is 23.4. The number of aromatic nitrogens is 3. The van der Waals surface area contributed by atoms with Crippen LogP contribution in [0.1, 0.15) is 36.0 Å². The summed E-state index contributed by atoms with van der Waals surface area (Å²) in [5.74, 6) is -2.60. The standard InChI is InChI=1S/C23H24FN5O5S/c24-17-8-15-18(30)16(22(32)33)12-29(23-25-5-7-35-23)19(15)27-20(17)28-10-13(11-28)21(31)26-9-14-4-2-1-3-6-34-14/h5,7-8,12-14H,1-4,6,9-11H2,(H,26,31)(H,32,33). The fourth-order valence-electron chi connectivity index (χ4n) is 4.39. The molecule has 0 radical (unpaired) electrons. The maximum atomic E-state index is 15.0. The summed E-state index contributed by atoms with van der Waals surface area (Å²) in [5.41, 5.74) is -1.22. The summed E-state index contributed by atoms with van der Waals surface area (Å²) >= 11 is 1.22. The highest BCUT2D eigenvalue weighted by Gasteiger charge is 2.35. The number of carboxylic acid groups (broad SMARTS) is 1. The number of hydrogen-bond acceptors (Lipinski definition) is 8. The van der Waals surface area contributed by atoms with Gasteiger partial charge in [0.05, 0.1) is 17.4 Å². The van der Waals surface area contributed by atoms with Crippen molar-refractivity contribution >= 4 is 40.1 Å². The van der Waals surface area contributed by atoms with Crippen LogP contribution in [0.2, 0.25) is 0 Å². The molecule has 3 aromatic heterocycles. The number of carbonyl (C=O) groups excluding carboxylic acids is 1. The number of rotatable bonds is 6. The van der Waals surface area contributed by atoms with E-state index in [0.717, 1.165) is 37.9 Å². The summed E-state index contributed by atoms with van der Waals surface area (Å²) in [6.07, 6.45) is 6.91. The fraction of sp³-hybridized carbons (Fsp3) is 0.435. The van der Waals surface area contributed by atoms with E-state index in [9.17, 15) is 19.5 Å². The molecule has 0 aliphatic carbocycles. The summed E-state index contributed by atoms with van der Waals surface area (Å²) in [6.45, 7) is 1.73. The van der Waals surface area contributed by atoms with E-state index in [0.29, 0.717) is 18.3 Å². The molecule has 0 aromatic carbocycles. The summed E-state index contributed by atoms with van der Waals surface area (Å²) in [5, 5.41) is 14.3. The second-order valence-corrected chi connectivity index (χ2v) is 9.59. The molecule has 2 aliphatic heterocycles. The number of halogens is 1. The second kappa shape index (κ2) is 9.70. The molecular weight excluding hydrogens is 477 g/mol. The number of ether oxygens (including phenoxy) is 1. The van der Waals surface area contributed by atoms with Crippen LogP contribution in [0.15, 0.2) is 28.6 Å². The largest absolute Gasteiger partial charge is 0.477 e. The molecule has 1 atom stereocenters. The Morgan fingerprint density at radius 3 is 2.86 bits per heavy atom. The highest BCUT2D eigenvalue weighted by Crippen LogP contribution is 2.29. The molecular formula is C23H24FN5O5S. The molecule has 2 N–H and O–H groups in total. The number of anilines is 1. The number of aromatic carboxylic acids is 1. The van der Waals surface area contributed by atoms with Crippen LogP contribution >= 0.6 is 11.3 Å². The van der Waals surface area contributed by atoms with E-state index in [1.54, 1.807) is 10.3 Å². The van der Waals surface area contributed by atoms with Gasteiger partial charge in [0.25, 0.3) is 0 Å². The van der Waals surface area contributed by atoms with Crippen molar-refractivity contribution in [1.29, 1.82) is 0 Å². The lowest BCUT2D eigenvalue weighted by Gasteiger charge is -2.39. The smallest absolute Gasteiger partial charge is 0.341 e. The van der Waals surface area contributed by atoms with Crippen molar-refractivity contribution < 1.29 is 23.8 Å². The van der Waals surface area contributed by atoms with E-state index in [1.807, 2.05) is 0 Å². The molecule has 5 rings (SSSR count). The zero-order valence-electron chi connectivity index (χ0n) is 18.8. The van der Waals surface area contributed by atoms with Crippen LogP contribution in [0, 0.1) is 11.7 Å². The maximum absolute atomic E-state index is 15.0. The van der Waals surface area contributed by atoms with E-state index in [-0.39, 0.29) is 47.9 Å². The van der Waals surface area contributed by atoms with E-state index in [4.69, 9.17) is 4.74 Å². The Morgan fingerprint density at radius 1 is 1.29 bits per heavy atom. The Balaban J connectivity index is 1.36. The number of hydrogen-bond donors (Lipinski definition) is 2. The molecule has 1 unspecified atom stereocenters. The van der Waals surface area contributed by atoms with Crippen LogP contribution < -0.4 is 15.6 Å². The van der Waals surface area contributed by atoms with Crippen molar-refractivity contribution in [1.82, 2.24) is 19.9 Å². The van der Waals surface area contributed by atoms with Gasteiger partial charge in [-0.05, 0) is 18.9 Å². The van der Waals surface area contributed by atoms with Crippen molar-refractivity contribution in [2.45, 2.75) is 31.8 Å². The van der Waals surface area contributed by atoms with Gasteiger partial charge in [-0.3, -0.25) is 14.2 Å². The number of nitrogens with zero attached hydrogens (tertiary/aromatic N) is 4. The lowest BCUT2D eigenvalue weighted by Crippen LogP contribution is -2.55. The predicted octanol–water partition coefficient (Wildman–Crippen LogP) is 2.19. The maximum Gasteiger partial charge on any atom is 0.341 e. The average molecular weight is 502 g/mol. The van der Waals surface area contributed by atoms with Gasteiger partial charge in [0.2, 0.25) is 11.3 Å². The molecule has 1 amide bonds. The normalized spacial score (nSPS) is 18.8. The van der Waals surface area contributed by atoms with Crippen LogP contribution in [-0.2, 0) is 9.53 Å². The first-order valence-electron chi connectivity index (χ1n) is 11.5. The topological polar surface area (TPSA) is 127 Å². The minimum absolute atomic E-state index is 0.00133. The van der Waals surface area contributed by atoms with Gasteiger partial charge in [-0.25, -0.2) is 19.2 Å². The third-order valence-corrected chi connectivity index (χ3v) is 7.12. The van der Waals surface area contributed by atoms with Crippen LogP contribution in [0.3, 0.4) is 0 Å². The zero-order chi connectivity index (χ0) is 24.5. The zero-order valence-corrected chi connectivity index (χ0v) is 19.6. The van der Waals surface area contributed by atoms with Crippen LogP contribution in [0.25, 0.3) is 16.2 Å². The summed E-state index contributed by atoms with van der Waals surface area (Å²) < 4.78 is 22.1. The Hall–Kier alpha value is -3.38. The van der Waals surface area contributed by atoms with E-state index >= 15 is 4.39 Å². The van der Waals surface area contributed by atoms with Gasteiger partial charge in [0, 0.05) is 44.0 Å². The number of thiazole rings is 1. The molecule has 2 aliphatic rings. The van der Waals surface area contributed by atoms with E-state index in [1.165, 1.54) is 22.1 Å². The lowest BCUT2D eigenvalue weighted by molar-refractivity contribution is -0.126. The van der Waals surface area contributed by atoms with Crippen LogP contribution in [0.4, 0.5) is 10.2 Å². The van der Waals surface area contributed by atoms with Gasteiger partial charge < -0.3 is 20.1 Å². The van der Waals surface area contributed by atoms with Crippen molar-refractivity contribution in [2.75, 3.05) is 31.1 Å². The van der Waals surface area contributed by atoms with Crippen molar-refractivity contribution in [3.05, 3.63) is 45.4 Å². The number of amides is 1. The fourth-order valence-corrected chi connectivity index (χ4v) is 5.01. The summed E-state index contributed by atoms with van der Waals surface area (Å²) in [4.78, 5) is 47.0. The quantitative estimate of drug-likeness (QED) is 0.526. The SMILES string of the molecule is O=C(O)c1cn(-c2nccs2)c2nc(N3CC(C(=O)NCC4CCCCCO4)C3)c(F)cc2c1=O. The number of carboxylic acids is 1. The summed E-state index contributed by atoms with van der Waals surface area (Å²) in [6, 6.07) is 1.01. The molecule has 0 bridgehead atoms. The molecule has 0 spiro atoms. The van der Waals surface area contributed by atoms with Crippen molar-refractivity contribution in [3.8, 4) is 5.13 Å². The minimum Gasteiger partial charge on any atom is -0.477 e. The van der Waals surface area contributed by atoms with Crippen LogP contribution in [0.5, 0.6) is 0 Å². The third-order valence-electron chi connectivity index (χ3n) is 6.35. The van der Waals surface area contributed by atoms with E-state index in [2.05, 4.69) is 15.3 Å². The molecule has 12 heteroatoms. The predicted molar refractivity (Wildman–Crippen MR) is 127 cm³/mol. The Kier molecular flexibility index (Phi) is 6.48. The number of carbonyl (C=O) groups is 2. The molecule has 2 fully saturated rings. The van der Waals surface area contributed by atoms with Gasteiger partial charge in [0.15, 0.2) is 22.4 Å². The Labute approximate surface area is 203 Å². The molecule has 5 heterocycles. The first-order valence-corrected chi connectivity index (χ1v) is 12.3. The van der Waals surface area contributed by atoms with Crippen LogP contribution in [-0.4, -0.2) is 63.9 Å². The Bertz CT molecular complexity index is 1310. The second-order valence-electron chi connectivity index (χ2n) is 8.72. The molecule has 3 aromatic rings. The summed E-state index contributed by atoms with van der Waals surface area (Å²) in [7, 11) is 0. The number of nitrogens with one attached hydrogen (secondary N) is 1. The van der Waals surface area contributed by atoms with Gasteiger partial charge in [-0.2, -0.15) is 0 Å².